The van der Waals surface area contributed by atoms with Gasteiger partial charge < -0.3 is 10.6 Å². The Hall–Kier alpha value is -1.58. The largest absolute Gasteiger partial charge is 0.385 e. The van der Waals surface area contributed by atoms with Crippen molar-refractivity contribution < 1.29 is 9.18 Å². The average Bonchev–Trinajstić information content (AvgIpc) is 2.28. The first kappa shape index (κ1) is 13.5. The van der Waals surface area contributed by atoms with Crippen molar-refractivity contribution in [2.45, 2.75) is 26.8 Å². The number of carbonyl (C=O) groups excluding carboxylic acids is 1. The van der Waals surface area contributed by atoms with E-state index in [1.165, 1.54) is 12.1 Å². The summed E-state index contributed by atoms with van der Waals surface area (Å²) >= 11 is 0. The Bertz CT molecular complexity index is 404. The minimum atomic E-state index is -0.419. The van der Waals surface area contributed by atoms with Gasteiger partial charge in [0.2, 0.25) is 0 Å². The number of para-hydroxylation sites is 1. The molecule has 0 aliphatic heterocycles. The van der Waals surface area contributed by atoms with Crippen molar-refractivity contribution in [3.63, 3.8) is 0 Å². The van der Waals surface area contributed by atoms with Gasteiger partial charge in [-0.1, -0.05) is 19.9 Å². The first-order valence-corrected chi connectivity index (χ1v) is 5.74. The second-order valence-corrected chi connectivity index (χ2v) is 4.42. The number of amides is 1. The van der Waals surface area contributed by atoms with Gasteiger partial charge in [-0.15, -0.1) is 0 Å². The van der Waals surface area contributed by atoms with E-state index in [1.54, 1.807) is 13.1 Å². The normalized spacial score (nSPS) is 12.4. The molecule has 0 radical (unpaired) electrons. The topological polar surface area (TPSA) is 41.1 Å². The SMILES string of the molecule is CNc1c(F)cccc1C(=O)NC(C)C(C)C. The Kier molecular flexibility index (Phi) is 4.49. The maximum absolute atomic E-state index is 13.5. The first-order valence-electron chi connectivity index (χ1n) is 5.74. The standard InChI is InChI=1S/C13H19FN2O/c1-8(2)9(3)16-13(17)10-6-5-7-11(14)12(10)15-4/h5-9,15H,1-4H3,(H,16,17). The number of nitrogens with one attached hydrogen (secondary N) is 2. The maximum atomic E-state index is 13.5. The molecule has 0 aromatic heterocycles. The fraction of sp³-hybridized carbons (Fsp3) is 0.462. The van der Waals surface area contributed by atoms with E-state index >= 15 is 0 Å². The Balaban J connectivity index is 2.93. The van der Waals surface area contributed by atoms with Crippen LogP contribution < -0.4 is 10.6 Å². The van der Waals surface area contributed by atoms with E-state index in [0.29, 0.717) is 11.5 Å². The molecule has 4 heteroatoms. The molecule has 1 aromatic rings. The summed E-state index contributed by atoms with van der Waals surface area (Å²) < 4.78 is 13.5. The average molecular weight is 238 g/mol. The number of benzene rings is 1. The van der Waals surface area contributed by atoms with Crippen LogP contribution in [0.5, 0.6) is 0 Å². The van der Waals surface area contributed by atoms with Crippen LogP contribution in [0.15, 0.2) is 18.2 Å². The summed E-state index contributed by atoms with van der Waals surface area (Å²) in [5.74, 6) is -0.335. The molecule has 2 N–H and O–H groups in total. The monoisotopic (exact) mass is 238 g/mol. The first-order chi connectivity index (χ1) is 7.97. The van der Waals surface area contributed by atoms with Crippen molar-refractivity contribution in [1.29, 1.82) is 0 Å². The lowest BCUT2D eigenvalue weighted by Crippen LogP contribution is -2.36. The number of rotatable bonds is 4. The zero-order valence-electron chi connectivity index (χ0n) is 10.7. The Morgan fingerprint density at radius 3 is 2.47 bits per heavy atom. The van der Waals surface area contributed by atoms with Crippen molar-refractivity contribution in [1.82, 2.24) is 5.32 Å². The van der Waals surface area contributed by atoms with Crippen molar-refractivity contribution in [3.05, 3.63) is 29.6 Å². The molecule has 1 unspecified atom stereocenters. The third kappa shape index (κ3) is 3.19. The van der Waals surface area contributed by atoms with Crippen LogP contribution >= 0.6 is 0 Å². The molecule has 1 rings (SSSR count). The highest BCUT2D eigenvalue weighted by Crippen LogP contribution is 2.19. The van der Waals surface area contributed by atoms with Crippen molar-refractivity contribution >= 4 is 11.6 Å². The Morgan fingerprint density at radius 1 is 1.29 bits per heavy atom. The zero-order chi connectivity index (χ0) is 13.0. The number of hydrogen-bond donors (Lipinski definition) is 2. The molecule has 0 saturated heterocycles. The summed E-state index contributed by atoms with van der Waals surface area (Å²) in [6.45, 7) is 5.98. The van der Waals surface area contributed by atoms with Gasteiger partial charge in [0, 0.05) is 13.1 Å². The van der Waals surface area contributed by atoms with Crippen LogP contribution in [0, 0.1) is 11.7 Å². The quantitative estimate of drug-likeness (QED) is 0.846. The summed E-state index contributed by atoms with van der Waals surface area (Å²) in [6.07, 6.45) is 0. The number of anilines is 1. The van der Waals surface area contributed by atoms with E-state index in [0.717, 1.165) is 0 Å². The van der Waals surface area contributed by atoms with Crippen molar-refractivity contribution in [3.8, 4) is 0 Å². The Morgan fingerprint density at radius 2 is 1.94 bits per heavy atom. The molecule has 1 amide bonds. The van der Waals surface area contributed by atoms with E-state index < -0.39 is 5.82 Å². The number of hydrogen-bond acceptors (Lipinski definition) is 2. The molecule has 1 atom stereocenters. The van der Waals surface area contributed by atoms with E-state index in [-0.39, 0.29) is 17.6 Å². The van der Waals surface area contributed by atoms with Gasteiger partial charge in [0.05, 0.1) is 11.3 Å². The van der Waals surface area contributed by atoms with Gasteiger partial charge in [-0.2, -0.15) is 0 Å². The van der Waals surface area contributed by atoms with Crippen molar-refractivity contribution in [2.24, 2.45) is 5.92 Å². The molecule has 0 aliphatic rings. The van der Waals surface area contributed by atoms with Crippen LogP contribution in [-0.2, 0) is 0 Å². The minimum absolute atomic E-state index is 0.0514. The summed E-state index contributed by atoms with van der Waals surface area (Å²) in [6, 6.07) is 4.52. The summed E-state index contributed by atoms with van der Waals surface area (Å²) in [7, 11) is 1.60. The van der Waals surface area contributed by atoms with E-state index in [2.05, 4.69) is 10.6 Å². The molecule has 0 spiro atoms. The molecular formula is C13H19FN2O. The molecule has 0 saturated carbocycles. The molecule has 0 heterocycles. The van der Waals surface area contributed by atoms with Gasteiger partial charge in [-0.05, 0) is 25.0 Å². The minimum Gasteiger partial charge on any atom is -0.385 e. The van der Waals surface area contributed by atoms with Crippen LogP contribution in [0.2, 0.25) is 0 Å². The van der Waals surface area contributed by atoms with Crippen LogP contribution in [0.4, 0.5) is 10.1 Å². The summed E-state index contributed by atoms with van der Waals surface area (Å²) in [5, 5.41) is 5.56. The van der Waals surface area contributed by atoms with Gasteiger partial charge in [-0.25, -0.2) is 4.39 Å². The zero-order valence-corrected chi connectivity index (χ0v) is 10.7. The molecule has 94 valence electrons. The predicted molar refractivity (Wildman–Crippen MR) is 67.7 cm³/mol. The fourth-order valence-corrected chi connectivity index (χ4v) is 1.42. The summed E-state index contributed by atoms with van der Waals surface area (Å²) in [5.41, 5.74) is 0.570. The lowest BCUT2D eigenvalue weighted by molar-refractivity contribution is 0.0931. The number of carbonyl (C=O) groups is 1. The highest BCUT2D eigenvalue weighted by molar-refractivity contribution is 5.99. The molecule has 3 nitrogen and oxygen atoms in total. The van der Waals surface area contributed by atoms with Crippen LogP contribution in [0.1, 0.15) is 31.1 Å². The van der Waals surface area contributed by atoms with Crippen molar-refractivity contribution in [2.75, 3.05) is 12.4 Å². The van der Waals surface area contributed by atoms with Crippen LogP contribution in [0.25, 0.3) is 0 Å². The third-order valence-electron chi connectivity index (χ3n) is 2.87. The second kappa shape index (κ2) is 5.66. The molecule has 0 bridgehead atoms. The fourth-order valence-electron chi connectivity index (χ4n) is 1.42. The van der Waals surface area contributed by atoms with E-state index in [4.69, 9.17) is 0 Å². The maximum Gasteiger partial charge on any atom is 0.253 e. The van der Waals surface area contributed by atoms with E-state index in [1.807, 2.05) is 20.8 Å². The molecule has 17 heavy (non-hydrogen) atoms. The lowest BCUT2D eigenvalue weighted by atomic mass is 10.1. The predicted octanol–water partition coefficient (Wildman–Crippen LogP) is 2.64. The number of halogens is 1. The molecule has 0 aliphatic carbocycles. The second-order valence-electron chi connectivity index (χ2n) is 4.42. The summed E-state index contributed by atoms with van der Waals surface area (Å²) in [4.78, 5) is 12.0. The highest BCUT2D eigenvalue weighted by Gasteiger charge is 2.17. The Labute approximate surface area is 101 Å². The van der Waals surface area contributed by atoms with Gasteiger partial charge in [0.15, 0.2) is 0 Å². The van der Waals surface area contributed by atoms with Crippen LogP contribution in [-0.4, -0.2) is 19.0 Å². The van der Waals surface area contributed by atoms with E-state index in [9.17, 15) is 9.18 Å². The smallest absolute Gasteiger partial charge is 0.253 e. The van der Waals surface area contributed by atoms with Crippen LogP contribution in [0.3, 0.4) is 0 Å². The molecule has 1 aromatic carbocycles. The van der Waals surface area contributed by atoms with Gasteiger partial charge in [-0.3, -0.25) is 4.79 Å². The molecular weight excluding hydrogens is 219 g/mol. The van der Waals surface area contributed by atoms with Gasteiger partial charge >= 0.3 is 0 Å². The van der Waals surface area contributed by atoms with Gasteiger partial charge in [0.1, 0.15) is 5.82 Å². The lowest BCUT2D eigenvalue weighted by Gasteiger charge is -2.18. The third-order valence-corrected chi connectivity index (χ3v) is 2.87. The van der Waals surface area contributed by atoms with Gasteiger partial charge in [0.25, 0.3) is 5.91 Å². The molecule has 0 fully saturated rings. The highest BCUT2D eigenvalue weighted by atomic mass is 19.1.